The van der Waals surface area contributed by atoms with Gasteiger partial charge in [-0.05, 0) is 53.7 Å². The van der Waals surface area contributed by atoms with E-state index in [1.54, 1.807) is 4.52 Å². The highest BCUT2D eigenvalue weighted by Crippen LogP contribution is 2.38. The Morgan fingerprint density at radius 1 is 1.24 bits per heavy atom. The van der Waals surface area contributed by atoms with Gasteiger partial charge in [0.1, 0.15) is 23.4 Å². The minimum Gasteiger partial charge on any atom is -0.382 e. The summed E-state index contributed by atoms with van der Waals surface area (Å²) in [6.07, 6.45) is 4.67. The SMILES string of the molecule is NC(=O)C1CCC(c2nc(-c3cc4cccc(Br)c4[nH]3)c3c(N)ncnn23)CC1. The van der Waals surface area contributed by atoms with Crippen molar-refractivity contribution in [2.45, 2.75) is 31.6 Å². The largest absolute Gasteiger partial charge is 0.382 e. The third-order valence-electron chi connectivity index (χ3n) is 5.84. The Morgan fingerprint density at radius 2 is 2.03 bits per heavy atom. The highest BCUT2D eigenvalue weighted by Gasteiger charge is 2.30. The molecule has 3 heterocycles. The number of nitrogens with one attached hydrogen (secondary N) is 1. The predicted molar refractivity (Wildman–Crippen MR) is 114 cm³/mol. The Kier molecular flexibility index (Phi) is 4.27. The van der Waals surface area contributed by atoms with Crippen molar-refractivity contribution in [1.82, 2.24) is 24.6 Å². The molecule has 4 aromatic rings. The number of hydrogen-bond acceptors (Lipinski definition) is 5. The molecule has 9 heteroatoms. The van der Waals surface area contributed by atoms with Crippen molar-refractivity contribution < 1.29 is 4.79 Å². The lowest BCUT2D eigenvalue weighted by Gasteiger charge is -2.25. The lowest BCUT2D eigenvalue weighted by Crippen LogP contribution is -2.27. The van der Waals surface area contributed by atoms with E-state index >= 15 is 0 Å². The average Bonchev–Trinajstić information content (AvgIpc) is 3.31. The summed E-state index contributed by atoms with van der Waals surface area (Å²) in [5.74, 6) is 1.16. The van der Waals surface area contributed by atoms with Crippen LogP contribution in [0.5, 0.6) is 0 Å². The number of rotatable bonds is 3. The molecule has 148 valence electrons. The molecule has 1 saturated carbocycles. The van der Waals surface area contributed by atoms with E-state index in [1.807, 2.05) is 18.2 Å². The minimum absolute atomic E-state index is 0.0531. The number of carbonyl (C=O) groups is 1. The van der Waals surface area contributed by atoms with Crippen molar-refractivity contribution in [3.63, 3.8) is 0 Å². The first-order chi connectivity index (χ1) is 14.0. The standard InChI is InChI=1S/C20H20BrN7O/c21-13-3-1-2-12-8-14(26-15(12)13)16-17-18(22)24-9-25-28(17)20(27-16)11-6-4-10(5-7-11)19(23)29/h1-3,8-11,26H,4-7H2,(H2,23,29)(H2,22,24,25). The number of aromatic amines is 1. The highest BCUT2D eigenvalue weighted by molar-refractivity contribution is 9.10. The minimum atomic E-state index is -0.215. The van der Waals surface area contributed by atoms with E-state index in [0.29, 0.717) is 11.3 Å². The van der Waals surface area contributed by atoms with Gasteiger partial charge in [0.15, 0.2) is 5.82 Å². The first-order valence-electron chi connectivity index (χ1n) is 9.59. The van der Waals surface area contributed by atoms with E-state index in [-0.39, 0.29) is 17.7 Å². The van der Waals surface area contributed by atoms with E-state index in [0.717, 1.165) is 58.3 Å². The van der Waals surface area contributed by atoms with Gasteiger partial charge in [0.05, 0.1) is 11.2 Å². The van der Waals surface area contributed by atoms with Crippen molar-refractivity contribution in [3.8, 4) is 11.4 Å². The zero-order valence-electron chi connectivity index (χ0n) is 15.6. The molecule has 1 aromatic carbocycles. The Labute approximate surface area is 174 Å². The van der Waals surface area contributed by atoms with Crippen molar-refractivity contribution in [2.75, 3.05) is 5.73 Å². The molecule has 5 rings (SSSR count). The van der Waals surface area contributed by atoms with Crippen LogP contribution in [0.2, 0.25) is 0 Å². The molecule has 0 atom stereocenters. The predicted octanol–water partition coefficient (Wildman–Crippen LogP) is 3.38. The maximum Gasteiger partial charge on any atom is 0.220 e. The fourth-order valence-corrected chi connectivity index (χ4v) is 4.79. The lowest BCUT2D eigenvalue weighted by molar-refractivity contribution is -0.122. The van der Waals surface area contributed by atoms with Gasteiger partial charge < -0.3 is 16.5 Å². The van der Waals surface area contributed by atoms with Crippen molar-refractivity contribution >= 4 is 44.1 Å². The van der Waals surface area contributed by atoms with Crippen LogP contribution in [-0.4, -0.2) is 30.5 Å². The molecule has 3 aromatic heterocycles. The van der Waals surface area contributed by atoms with Gasteiger partial charge in [0.25, 0.3) is 0 Å². The number of imidazole rings is 1. The zero-order chi connectivity index (χ0) is 20.1. The summed E-state index contributed by atoms with van der Waals surface area (Å²) in [5.41, 5.74) is 15.0. The molecule has 0 saturated heterocycles. The molecule has 0 spiro atoms. The fraction of sp³-hybridized carbons (Fsp3) is 0.300. The topological polar surface area (TPSA) is 128 Å². The van der Waals surface area contributed by atoms with Gasteiger partial charge in [-0.15, -0.1) is 0 Å². The molecule has 0 radical (unpaired) electrons. The molecule has 8 nitrogen and oxygen atoms in total. The second-order valence-electron chi connectivity index (χ2n) is 7.56. The normalized spacial score (nSPS) is 19.8. The number of para-hydroxylation sites is 1. The summed E-state index contributed by atoms with van der Waals surface area (Å²) in [7, 11) is 0. The number of anilines is 1. The maximum atomic E-state index is 11.5. The number of amides is 1. The number of nitrogen functional groups attached to an aromatic ring is 1. The first-order valence-corrected chi connectivity index (χ1v) is 10.4. The molecule has 5 N–H and O–H groups in total. The maximum absolute atomic E-state index is 11.5. The Balaban J connectivity index is 1.63. The second kappa shape index (κ2) is 6.84. The Bertz CT molecular complexity index is 1240. The van der Waals surface area contributed by atoms with E-state index in [1.165, 1.54) is 6.33 Å². The summed E-state index contributed by atoms with van der Waals surface area (Å²) in [6.45, 7) is 0. The van der Waals surface area contributed by atoms with E-state index in [2.05, 4.69) is 37.1 Å². The molecular weight excluding hydrogens is 434 g/mol. The fourth-order valence-electron chi connectivity index (χ4n) is 4.31. The third kappa shape index (κ3) is 2.96. The number of nitrogens with zero attached hydrogens (tertiary/aromatic N) is 4. The molecular formula is C20H20BrN7O. The number of nitrogens with two attached hydrogens (primary N) is 2. The van der Waals surface area contributed by atoms with Gasteiger partial charge in [-0.3, -0.25) is 4.79 Å². The summed E-state index contributed by atoms with van der Waals surface area (Å²) < 4.78 is 2.78. The molecule has 0 bridgehead atoms. The number of fused-ring (bicyclic) bond motifs is 2. The number of aromatic nitrogens is 5. The van der Waals surface area contributed by atoms with E-state index in [4.69, 9.17) is 16.5 Å². The molecule has 0 aliphatic heterocycles. The third-order valence-corrected chi connectivity index (χ3v) is 6.50. The molecule has 1 aliphatic carbocycles. The smallest absolute Gasteiger partial charge is 0.220 e. The number of carbonyl (C=O) groups excluding carboxylic acids is 1. The molecule has 1 fully saturated rings. The van der Waals surface area contributed by atoms with Crippen LogP contribution in [0, 0.1) is 5.92 Å². The summed E-state index contributed by atoms with van der Waals surface area (Å²) in [4.78, 5) is 24.1. The average molecular weight is 454 g/mol. The van der Waals surface area contributed by atoms with E-state index < -0.39 is 0 Å². The Morgan fingerprint density at radius 3 is 2.76 bits per heavy atom. The van der Waals surface area contributed by atoms with E-state index in [9.17, 15) is 4.79 Å². The van der Waals surface area contributed by atoms with Gasteiger partial charge in [-0.1, -0.05) is 12.1 Å². The van der Waals surface area contributed by atoms with Crippen molar-refractivity contribution in [2.24, 2.45) is 11.7 Å². The highest BCUT2D eigenvalue weighted by atomic mass is 79.9. The van der Waals surface area contributed by atoms with Gasteiger partial charge in [-0.25, -0.2) is 14.5 Å². The van der Waals surface area contributed by atoms with Gasteiger partial charge in [0, 0.05) is 21.7 Å². The van der Waals surface area contributed by atoms with Crippen LogP contribution < -0.4 is 11.5 Å². The van der Waals surface area contributed by atoms with Crippen LogP contribution in [0.4, 0.5) is 5.82 Å². The molecule has 1 aliphatic rings. The van der Waals surface area contributed by atoms with Crippen LogP contribution in [0.3, 0.4) is 0 Å². The second-order valence-corrected chi connectivity index (χ2v) is 8.42. The first kappa shape index (κ1) is 18.1. The summed E-state index contributed by atoms with van der Waals surface area (Å²) in [6, 6.07) is 8.09. The molecule has 29 heavy (non-hydrogen) atoms. The van der Waals surface area contributed by atoms with Crippen LogP contribution in [0.15, 0.2) is 35.1 Å². The van der Waals surface area contributed by atoms with Gasteiger partial charge in [-0.2, -0.15) is 5.10 Å². The lowest BCUT2D eigenvalue weighted by atomic mass is 9.81. The quantitative estimate of drug-likeness (QED) is 0.437. The molecule has 0 unspecified atom stereocenters. The molecule has 1 amide bonds. The van der Waals surface area contributed by atoms with Crippen LogP contribution in [0.25, 0.3) is 27.8 Å². The van der Waals surface area contributed by atoms with Crippen molar-refractivity contribution in [3.05, 3.63) is 40.9 Å². The zero-order valence-corrected chi connectivity index (χ0v) is 17.2. The monoisotopic (exact) mass is 453 g/mol. The summed E-state index contributed by atoms with van der Waals surface area (Å²) >= 11 is 3.59. The van der Waals surface area contributed by atoms with Gasteiger partial charge in [0.2, 0.25) is 5.91 Å². The van der Waals surface area contributed by atoms with Crippen LogP contribution in [0.1, 0.15) is 37.4 Å². The van der Waals surface area contributed by atoms with Crippen LogP contribution >= 0.6 is 15.9 Å². The number of hydrogen-bond donors (Lipinski definition) is 3. The number of halogens is 1. The van der Waals surface area contributed by atoms with Crippen LogP contribution in [-0.2, 0) is 4.79 Å². The summed E-state index contributed by atoms with van der Waals surface area (Å²) in [5, 5.41) is 5.52. The Hall–Kier alpha value is -2.94. The number of benzene rings is 1. The number of H-pyrrole nitrogens is 1. The van der Waals surface area contributed by atoms with Crippen molar-refractivity contribution in [1.29, 1.82) is 0 Å². The number of primary amides is 1. The van der Waals surface area contributed by atoms with Gasteiger partial charge >= 0.3 is 0 Å².